The summed E-state index contributed by atoms with van der Waals surface area (Å²) in [5.74, 6) is -0.479. The number of piperidine rings is 1. The second kappa shape index (κ2) is 13.5. The highest BCUT2D eigenvalue weighted by molar-refractivity contribution is 7.16. The molecule has 224 valence electrons. The number of carbonyl (C=O) groups excluding carboxylic acids is 1. The van der Waals surface area contributed by atoms with E-state index in [0.717, 1.165) is 29.8 Å². The number of aliphatic carboxylic acids is 1. The maximum atomic E-state index is 13.8. The molecule has 0 radical (unpaired) electrons. The van der Waals surface area contributed by atoms with Crippen molar-refractivity contribution in [3.05, 3.63) is 46.7 Å². The van der Waals surface area contributed by atoms with Crippen LogP contribution in [-0.2, 0) is 22.8 Å². The monoisotopic (exact) mass is 598 g/mol. The van der Waals surface area contributed by atoms with Gasteiger partial charge in [0.05, 0.1) is 37.7 Å². The van der Waals surface area contributed by atoms with Gasteiger partial charge in [0, 0.05) is 48.8 Å². The average Bonchev–Trinajstić information content (AvgIpc) is 3.63. The summed E-state index contributed by atoms with van der Waals surface area (Å²) < 4.78 is 24.5. The molecule has 13 heteroatoms. The lowest BCUT2D eigenvalue weighted by molar-refractivity contribution is -0.142. The maximum absolute atomic E-state index is 13.8. The number of nitrogens with zero attached hydrogens (tertiary/aromatic N) is 5. The molecule has 2 saturated heterocycles. The zero-order valence-corrected chi connectivity index (χ0v) is 24.5. The van der Waals surface area contributed by atoms with Gasteiger partial charge in [0.15, 0.2) is 5.13 Å². The molecule has 0 spiro atoms. The lowest BCUT2D eigenvalue weighted by atomic mass is 9.97. The smallest absolute Gasteiger partial charge is 0.306 e. The van der Waals surface area contributed by atoms with E-state index < -0.39 is 18.6 Å². The molecule has 2 fully saturated rings. The van der Waals surface area contributed by atoms with Crippen molar-refractivity contribution in [3.63, 3.8) is 0 Å². The summed E-state index contributed by atoms with van der Waals surface area (Å²) in [7, 11) is 3.21. The van der Waals surface area contributed by atoms with Crippen LogP contribution < -0.4 is 15.0 Å². The second-order valence-corrected chi connectivity index (χ2v) is 11.6. The van der Waals surface area contributed by atoms with E-state index >= 15 is 0 Å². The number of hydrogen-bond donors (Lipinski definition) is 2. The highest BCUT2D eigenvalue weighted by Crippen LogP contribution is 2.36. The number of likely N-dealkylation sites (tertiary alicyclic amines) is 1. The number of methoxy groups -OCH3 is 2. The summed E-state index contributed by atoms with van der Waals surface area (Å²) >= 11 is 1.38. The summed E-state index contributed by atoms with van der Waals surface area (Å²) in [5.41, 5.74) is 2.00. The van der Waals surface area contributed by atoms with E-state index in [1.54, 1.807) is 19.2 Å². The number of alkyl halides is 1. The number of thiazole rings is 1. The van der Waals surface area contributed by atoms with Gasteiger partial charge in [-0.05, 0) is 50.4 Å². The zero-order chi connectivity index (χ0) is 29.6. The number of aromatic nitrogens is 3. The summed E-state index contributed by atoms with van der Waals surface area (Å²) in [4.78, 5) is 43.1. The van der Waals surface area contributed by atoms with Crippen LogP contribution in [0.15, 0.2) is 30.6 Å². The van der Waals surface area contributed by atoms with Crippen LogP contribution in [0.2, 0.25) is 0 Å². The number of carboxylic acids is 1. The number of carboxylic acid groups (broad SMARTS) is 1. The SMILES string of the molecule is COC[C@@H]1CCCN1Cc1sc(NC(=O)c2cnc(N3CCC(C(=O)O)CC3)cn2)nc1-c1ccc(OC)c(CF)c1. The first-order valence-electron chi connectivity index (χ1n) is 14.0. The number of ether oxygens (including phenoxy) is 2. The van der Waals surface area contributed by atoms with Crippen molar-refractivity contribution in [1.82, 2.24) is 19.9 Å². The second-order valence-electron chi connectivity index (χ2n) is 10.5. The molecule has 3 aromatic rings. The molecule has 0 aliphatic carbocycles. The highest BCUT2D eigenvalue weighted by Gasteiger charge is 2.28. The normalized spacial score (nSPS) is 17.9. The van der Waals surface area contributed by atoms with Crippen LogP contribution in [0.3, 0.4) is 0 Å². The molecule has 2 aliphatic rings. The van der Waals surface area contributed by atoms with Crippen molar-refractivity contribution in [1.29, 1.82) is 0 Å². The number of carbonyl (C=O) groups is 2. The van der Waals surface area contributed by atoms with Gasteiger partial charge in [-0.3, -0.25) is 19.8 Å². The third kappa shape index (κ3) is 6.69. The van der Waals surface area contributed by atoms with E-state index in [2.05, 4.69) is 20.2 Å². The number of nitrogens with one attached hydrogen (secondary N) is 1. The third-order valence-electron chi connectivity index (χ3n) is 7.86. The molecule has 2 aromatic heterocycles. The van der Waals surface area contributed by atoms with Crippen LogP contribution in [0.25, 0.3) is 11.3 Å². The van der Waals surface area contributed by atoms with Gasteiger partial charge < -0.3 is 19.5 Å². The molecule has 1 atom stereocenters. The van der Waals surface area contributed by atoms with Gasteiger partial charge in [0.2, 0.25) is 0 Å². The fourth-order valence-electron chi connectivity index (χ4n) is 5.56. The van der Waals surface area contributed by atoms with E-state index in [4.69, 9.17) is 14.5 Å². The van der Waals surface area contributed by atoms with Crippen LogP contribution in [0.5, 0.6) is 5.75 Å². The van der Waals surface area contributed by atoms with Gasteiger partial charge >= 0.3 is 5.97 Å². The fraction of sp³-hybridized carbons (Fsp3) is 0.483. The number of rotatable bonds is 11. The van der Waals surface area contributed by atoms with Gasteiger partial charge in [-0.2, -0.15) is 0 Å². The van der Waals surface area contributed by atoms with Crippen LogP contribution in [0, 0.1) is 5.92 Å². The number of amides is 1. The van der Waals surface area contributed by atoms with Gasteiger partial charge in [0.25, 0.3) is 5.91 Å². The fourth-order valence-corrected chi connectivity index (χ4v) is 6.56. The molecule has 5 rings (SSSR count). The molecule has 11 nitrogen and oxygen atoms in total. The molecule has 42 heavy (non-hydrogen) atoms. The third-order valence-corrected chi connectivity index (χ3v) is 8.82. The average molecular weight is 599 g/mol. The van der Waals surface area contributed by atoms with Crippen molar-refractivity contribution in [2.24, 2.45) is 5.92 Å². The Labute approximate surface area is 247 Å². The number of halogens is 1. The minimum absolute atomic E-state index is 0.140. The minimum atomic E-state index is -0.772. The molecule has 1 amide bonds. The predicted octanol–water partition coefficient (Wildman–Crippen LogP) is 4.24. The Bertz CT molecular complexity index is 1400. The van der Waals surface area contributed by atoms with Crippen molar-refractivity contribution < 1.29 is 28.6 Å². The lowest BCUT2D eigenvalue weighted by Crippen LogP contribution is -2.36. The van der Waals surface area contributed by atoms with Gasteiger partial charge in [0.1, 0.15) is 23.9 Å². The summed E-state index contributed by atoms with van der Waals surface area (Å²) in [6.45, 7) is 2.66. The van der Waals surface area contributed by atoms with Crippen LogP contribution >= 0.6 is 11.3 Å². The van der Waals surface area contributed by atoms with Gasteiger partial charge in [-0.25, -0.2) is 19.3 Å². The van der Waals surface area contributed by atoms with Gasteiger partial charge in [-0.1, -0.05) is 11.3 Å². The van der Waals surface area contributed by atoms with Gasteiger partial charge in [-0.15, -0.1) is 0 Å². The summed E-state index contributed by atoms with van der Waals surface area (Å²) in [5, 5.41) is 12.5. The Morgan fingerprint density at radius 1 is 1.14 bits per heavy atom. The molecular formula is C29H35FN6O5S. The first-order chi connectivity index (χ1) is 20.4. The van der Waals surface area contributed by atoms with Crippen molar-refractivity contribution in [3.8, 4) is 17.0 Å². The van der Waals surface area contributed by atoms with E-state index in [-0.39, 0.29) is 11.6 Å². The van der Waals surface area contributed by atoms with Crippen LogP contribution in [-0.4, -0.2) is 83.3 Å². The maximum Gasteiger partial charge on any atom is 0.306 e. The standard InChI is InChI=1S/C29H35FN6O5S/c1-40-17-21-4-3-9-36(21)16-24-26(19-5-6-23(41-2)20(12-19)13-30)33-29(42-24)34-27(37)22-14-32-25(15-31-22)35-10-7-18(8-11-35)28(38)39/h5-6,12,14-15,18,21H,3-4,7-11,13,16-17H2,1-2H3,(H,38,39)(H,33,34,37)/t21-/m0/s1. The Kier molecular flexibility index (Phi) is 9.60. The summed E-state index contributed by atoms with van der Waals surface area (Å²) in [6.07, 6.45) is 6.16. The van der Waals surface area contributed by atoms with E-state index in [9.17, 15) is 19.1 Å². The Hall–Kier alpha value is -3.68. The quantitative estimate of drug-likeness (QED) is 0.331. The van der Waals surface area contributed by atoms with Crippen LogP contribution in [0.1, 0.15) is 46.6 Å². The largest absolute Gasteiger partial charge is 0.496 e. The molecule has 0 bridgehead atoms. The Balaban J connectivity index is 1.34. The van der Waals surface area contributed by atoms with Crippen molar-refractivity contribution in [2.45, 2.75) is 44.9 Å². The highest BCUT2D eigenvalue weighted by atomic mass is 32.1. The Morgan fingerprint density at radius 3 is 2.62 bits per heavy atom. The van der Waals surface area contributed by atoms with Crippen molar-refractivity contribution >= 4 is 34.2 Å². The first-order valence-corrected chi connectivity index (χ1v) is 14.8. The molecule has 0 saturated carbocycles. The molecule has 2 aliphatic heterocycles. The van der Waals surface area contributed by atoms with Crippen LogP contribution in [0.4, 0.5) is 15.3 Å². The number of hydrogen-bond acceptors (Lipinski definition) is 10. The number of anilines is 2. The molecule has 0 unspecified atom stereocenters. The van der Waals surface area contributed by atoms with E-state index in [0.29, 0.717) is 73.1 Å². The van der Waals surface area contributed by atoms with Crippen molar-refractivity contribution in [2.75, 3.05) is 50.7 Å². The first kappa shape index (κ1) is 29.8. The predicted molar refractivity (Wildman–Crippen MR) is 157 cm³/mol. The Morgan fingerprint density at radius 2 is 1.95 bits per heavy atom. The summed E-state index contributed by atoms with van der Waals surface area (Å²) in [6, 6.07) is 5.62. The molecular weight excluding hydrogens is 563 g/mol. The minimum Gasteiger partial charge on any atom is -0.496 e. The zero-order valence-electron chi connectivity index (χ0n) is 23.7. The number of benzene rings is 1. The molecule has 1 aromatic carbocycles. The lowest BCUT2D eigenvalue weighted by Gasteiger charge is -2.30. The topological polar surface area (TPSA) is 130 Å². The molecule has 2 N–H and O–H groups in total. The van der Waals surface area contributed by atoms with E-state index in [1.807, 2.05) is 11.0 Å². The van der Waals surface area contributed by atoms with E-state index in [1.165, 1.54) is 30.8 Å². The molecule has 4 heterocycles.